The van der Waals surface area contributed by atoms with Gasteiger partial charge < -0.3 is 20.1 Å². The number of hydrogen-bond acceptors (Lipinski definition) is 4. The first kappa shape index (κ1) is 15.9. The average molecular weight is 272 g/mol. The highest BCUT2D eigenvalue weighted by molar-refractivity contribution is 5.81. The molecule has 0 aromatic carbocycles. The number of carboxylic acid groups (broad SMARTS) is 1. The summed E-state index contributed by atoms with van der Waals surface area (Å²) in [5.74, 6) is -1.09. The molecule has 1 saturated heterocycles. The molecule has 0 aliphatic carbocycles. The van der Waals surface area contributed by atoms with Crippen molar-refractivity contribution in [3.05, 3.63) is 0 Å². The van der Waals surface area contributed by atoms with Gasteiger partial charge in [-0.15, -0.1) is 0 Å². The van der Waals surface area contributed by atoms with Crippen LogP contribution in [0.4, 0.5) is 0 Å². The summed E-state index contributed by atoms with van der Waals surface area (Å²) < 4.78 is 4.90. The molecule has 1 aliphatic heterocycles. The maximum atomic E-state index is 12.0. The van der Waals surface area contributed by atoms with E-state index in [1.165, 1.54) is 24.9 Å². The molecular formula is C13H24N2O4. The van der Waals surface area contributed by atoms with E-state index in [-0.39, 0.29) is 12.5 Å². The van der Waals surface area contributed by atoms with Crippen LogP contribution in [0, 0.1) is 0 Å². The molecule has 110 valence electrons. The Bertz CT molecular complexity index is 290. The first-order valence-corrected chi connectivity index (χ1v) is 6.85. The molecule has 1 atom stereocenters. The van der Waals surface area contributed by atoms with Crippen LogP contribution in [0.15, 0.2) is 0 Å². The van der Waals surface area contributed by atoms with E-state index < -0.39 is 5.97 Å². The van der Waals surface area contributed by atoms with Crippen LogP contribution in [0.5, 0.6) is 0 Å². The van der Waals surface area contributed by atoms with Gasteiger partial charge in [0, 0.05) is 26.1 Å². The summed E-state index contributed by atoms with van der Waals surface area (Å²) in [6.45, 7) is 1.46. The highest BCUT2D eigenvalue weighted by atomic mass is 16.5. The predicted octanol–water partition coefficient (Wildman–Crippen LogP) is 0.468. The van der Waals surface area contributed by atoms with E-state index in [2.05, 4.69) is 5.32 Å². The normalized spacial score (nSPS) is 19.1. The van der Waals surface area contributed by atoms with E-state index in [0.29, 0.717) is 25.6 Å². The first-order valence-electron chi connectivity index (χ1n) is 6.85. The summed E-state index contributed by atoms with van der Waals surface area (Å²) in [6, 6.07) is 0.395. The summed E-state index contributed by atoms with van der Waals surface area (Å²) >= 11 is 0. The van der Waals surface area contributed by atoms with Gasteiger partial charge in [0.1, 0.15) is 6.54 Å². The van der Waals surface area contributed by atoms with Gasteiger partial charge in [-0.25, -0.2) is 0 Å². The van der Waals surface area contributed by atoms with E-state index in [4.69, 9.17) is 9.84 Å². The number of nitrogens with zero attached hydrogens (tertiary/aromatic N) is 1. The largest absolute Gasteiger partial charge is 0.480 e. The number of aliphatic carboxylic acids is 1. The van der Waals surface area contributed by atoms with Crippen LogP contribution in [0.3, 0.4) is 0 Å². The molecule has 1 unspecified atom stereocenters. The van der Waals surface area contributed by atoms with Gasteiger partial charge >= 0.3 is 5.97 Å². The minimum Gasteiger partial charge on any atom is -0.480 e. The minimum absolute atomic E-state index is 0.105. The molecule has 1 aliphatic rings. The predicted molar refractivity (Wildman–Crippen MR) is 71.0 cm³/mol. The van der Waals surface area contributed by atoms with Crippen LogP contribution in [0.25, 0.3) is 0 Å². The molecule has 1 heterocycles. The van der Waals surface area contributed by atoms with Crippen LogP contribution >= 0.6 is 0 Å². The Balaban J connectivity index is 2.34. The highest BCUT2D eigenvalue weighted by Gasteiger charge is 2.19. The molecule has 2 N–H and O–H groups in total. The van der Waals surface area contributed by atoms with E-state index in [1.54, 1.807) is 0 Å². The number of nitrogens with one attached hydrogen (secondary N) is 1. The molecule has 1 rings (SSSR count). The van der Waals surface area contributed by atoms with Crippen molar-refractivity contribution in [2.45, 2.75) is 38.1 Å². The molecular weight excluding hydrogens is 248 g/mol. The molecule has 6 heteroatoms. The van der Waals surface area contributed by atoms with Crippen molar-refractivity contribution in [2.75, 3.05) is 33.4 Å². The minimum atomic E-state index is -0.986. The van der Waals surface area contributed by atoms with Crippen LogP contribution in [-0.4, -0.2) is 61.3 Å². The Morgan fingerprint density at radius 3 is 2.79 bits per heavy atom. The van der Waals surface area contributed by atoms with Crippen LogP contribution < -0.4 is 5.32 Å². The third-order valence-electron chi connectivity index (χ3n) is 3.36. The van der Waals surface area contributed by atoms with Crippen molar-refractivity contribution in [1.29, 1.82) is 0 Å². The second-order valence-electron chi connectivity index (χ2n) is 4.89. The quantitative estimate of drug-likeness (QED) is 0.671. The van der Waals surface area contributed by atoms with Gasteiger partial charge in [-0.3, -0.25) is 9.59 Å². The number of piperidine rings is 1. The van der Waals surface area contributed by atoms with Crippen molar-refractivity contribution in [3.63, 3.8) is 0 Å². The smallest absolute Gasteiger partial charge is 0.323 e. The van der Waals surface area contributed by atoms with Crippen molar-refractivity contribution in [2.24, 2.45) is 0 Å². The Morgan fingerprint density at radius 1 is 1.42 bits per heavy atom. The molecule has 6 nitrogen and oxygen atoms in total. The number of ether oxygens (including phenoxy) is 1. The van der Waals surface area contributed by atoms with Gasteiger partial charge in [-0.05, 0) is 25.8 Å². The number of amides is 1. The van der Waals surface area contributed by atoms with Crippen LogP contribution in [0.1, 0.15) is 32.1 Å². The number of carboxylic acids is 1. The maximum Gasteiger partial charge on any atom is 0.323 e. The van der Waals surface area contributed by atoms with E-state index >= 15 is 0 Å². The first-order chi connectivity index (χ1) is 9.13. The number of hydrogen-bond donors (Lipinski definition) is 2. The van der Waals surface area contributed by atoms with E-state index in [0.717, 1.165) is 19.4 Å². The topological polar surface area (TPSA) is 78.9 Å². The highest BCUT2D eigenvalue weighted by Crippen LogP contribution is 2.12. The Labute approximate surface area is 114 Å². The van der Waals surface area contributed by atoms with Gasteiger partial charge in [-0.1, -0.05) is 6.42 Å². The van der Waals surface area contributed by atoms with Gasteiger partial charge in [-0.2, -0.15) is 0 Å². The van der Waals surface area contributed by atoms with Gasteiger partial charge in [0.15, 0.2) is 0 Å². The maximum absolute atomic E-state index is 12.0. The fourth-order valence-corrected chi connectivity index (χ4v) is 2.28. The Morgan fingerprint density at radius 2 is 2.21 bits per heavy atom. The molecule has 0 aromatic rings. The molecule has 0 saturated carbocycles. The fourth-order valence-electron chi connectivity index (χ4n) is 2.28. The molecule has 0 spiro atoms. The SMILES string of the molecule is COCCN(CC(=O)O)C(=O)CCC1CCCCN1. The van der Waals surface area contributed by atoms with Crippen LogP contribution in [0.2, 0.25) is 0 Å². The van der Waals surface area contributed by atoms with E-state index in [9.17, 15) is 9.59 Å². The monoisotopic (exact) mass is 272 g/mol. The number of carbonyl (C=O) groups is 2. The second kappa shape index (κ2) is 8.87. The number of methoxy groups -OCH3 is 1. The van der Waals surface area contributed by atoms with Crippen molar-refractivity contribution >= 4 is 11.9 Å². The van der Waals surface area contributed by atoms with Crippen molar-refractivity contribution < 1.29 is 19.4 Å². The lowest BCUT2D eigenvalue weighted by atomic mass is 10.0. The molecule has 0 aromatic heterocycles. The lowest BCUT2D eigenvalue weighted by Crippen LogP contribution is -2.40. The second-order valence-corrected chi connectivity index (χ2v) is 4.89. The summed E-state index contributed by atoms with van der Waals surface area (Å²) in [4.78, 5) is 24.1. The van der Waals surface area contributed by atoms with Gasteiger partial charge in [0.2, 0.25) is 5.91 Å². The van der Waals surface area contributed by atoms with Crippen LogP contribution in [-0.2, 0) is 14.3 Å². The number of rotatable bonds is 8. The van der Waals surface area contributed by atoms with E-state index in [1.807, 2.05) is 0 Å². The molecule has 0 radical (unpaired) electrons. The molecule has 1 fully saturated rings. The third-order valence-corrected chi connectivity index (χ3v) is 3.36. The fraction of sp³-hybridized carbons (Fsp3) is 0.846. The van der Waals surface area contributed by atoms with Crippen molar-refractivity contribution in [3.8, 4) is 0 Å². The standard InChI is InChI=1S/C13H24N2O4/c1-19-9-8-15(10-13(17)18)12(16)6-5-11-4-2-3-7-14-11/h11,14H,2-10H2,1H3,(H,17,18). The summed E-state index contributed by atoms with van der Waals surface area (Å²) in [6.07, 6.45) is 4.68. The molecule has 1 amide bonds. The molecule has 0 bridgehead atoms. The number of carbonyl (C=O) groups excluding carboxylic acids is 1. The third kappa shape index (κ3) is 6.54. The zero-order chi connectivity index (χ0) is 14.1. The van der Waals surface area contributed by atoms with Crippen molar-refractivity contribution in [1.82, 2.24) is 10.2 Å². The van der Waals surface area contributed by atoms with Gasteiger partial charge in [0.05, 0.1) is 6.61 Å². The Hall–Kier alpha value is -1.14. The summed E-state index contributed by atoms with van der Waals surface area (Å²) in [7, 11) is 1.54. The lowest BCUT2D eigenvalue weighted by Gasteiger charge is -2.25. The summed E-state index contributed by atoms with van der Waals surface area (Å²) in [5, 5.41) is 12.2. The zero-order valence-corrected chi connectivity index (χ0v) is 11.6. The molecule has 19 heavy (non-hydrogen) atoms. The lowest BCUT2D eigenvalue weighted by molar-refractivity contribution is -0.145. The summed E-state index contributed by atoms with van der Waals surface area (Å²) in [5.41, 5.74) is 0. The van der Waals surface area contributed by atoms with Gasteiger partial charge in [0.25, 0.3) is 0 Å². The Kier molecular flexibility index (Phi) is 7.43. The zero-order valence-electron chi connectivity index (χ0n) is 11.6. The average Bonchev–Trinajstić information content (AvgIpc) is 2.41.